The van der Waals surface area contributed by atoms with Gasteiger partial charge in [-0.1, -0.05) is 0 Å². The molecule has 0 radical (unpaired) electrons. The van der Waals surface area contributed by atoms with Crippen molar-refractivity contribution in [1.29, 1.82) is 0 Å². The van der Waals surface area contributed by atoms with Crippen molar-refractivity contribution in [3.63, 3.8) is 0 Å². The van der Waals surface area contributed by atoms with E-state index < -0.39 is 0 Å². The van der Waals surface area contributed by atoms with Crippen LogP contribution in [-0.4, -0.2) is 9.78 Å². The Morgan fingerprint density at radius 1 is 1.43 bits per heavy atom. The van der Waals surface area contributed by atoms with E-state index in [9.17, 15) is 4.39 Å². The van der Waals surface area contributed by atoms with Gasteiger partial charge in [0.15, 0.2) is 5.82 Å². The smallest absolute Gasteiger partial charge is 0.152 e. The molecule has 0 aliphatic heterocycles. The maximum Gasteiger partial charge on any atom is 0.152 e. The molecule has 4 heteroatoms. The fourth-order valence-electron chi connectivity index (χ4n) is 1.70. The number of thiophene rings is 1. The Labute approximate surface area is 83.6 Å². The molecule has 0 atom stereocenters. The van der Waals surface area contributed by atoms with Gasteiger partial charge in [-0.25, -0.2) is 4.39 Å². The summed E-state index contributed by atoms with van der Waals surface area (Å²) in [6, 6.07) is 3.55. The summed E-state index contributed by atoms with van der Waals surface area (Å²) in [5.41, 5.74) is 0.457. The summed E-state index contributed by atoms with van der Waals surface area (Å²) in [6.45, 7) is 0. The molecule has 0 amide bonds. The summed E-state index contributed by atoms with van der Waals surface area (Å²) < 4.78 is 16.2. The Morgan fingerprint density at radius 2 is 2.29 bits per heavy atom. The molecule has 3 aromatic rings. The first kappa shape index (κ1) is 7.94. The Kier molecular flexibility index (Phi) is 1.44. The molecule has 0 aliphatic rings. The maximum absolute atomic E-state index is 13.5. The third kappa shape index (κ3) is 0.915. The van der Waals surface area contributed by atoms with Gasteiger partial charge < -0.3 is 0 Å². The number of hydrogen-bond acceptors (Lipinski definition) is 2. The predicted molar refractivity (Wildman–Crippen MR) is 56.1 cm³/mol. The molecule has 2 nitrogen and oxygen atoms in total. The minimum atomic E-state index is -0.240. The Bertz CT molecular complexity index is 623. The van der Waals surface area contributed by atoms with Gasteiger partial charge in [0.1, 0.15) is 5.52 Å². The van der Waals surface area contributed by atoms with E-state index >= 15 is 0 Å². The van der Waals surface area contributed by atoms with Crippen molar-refractivity contribution in [3.05, 3.63) is 29.5 Å². The topological polar surface area (TPSA) is 17.8 Å². The third-order valence-corrected chi connectivity index (χ3v) is 3.16. The van der Waals surface area contributed by atoms with Gasteiger partial charge >= 0.3 is 0 Å². The Balaban J connectivity index is 2.65. The van der Waals surface area contributed by atoms with E-state index in [1.54, 1.807) is 29.1 Å². The predicted octanol–water partition coefficient (Wildman–Crippen LogP) is 2.93. The standard InChI is InChI=1S/C10H7FN2S/c1-13-5-7-6-2-3-14-9(6)4-8(11)10(7)12-13/h2-5H,1H3. The van der Waals surface area contributed by atoms with Crippen molar-refractivity contribution < 1.29 is 4.39 Å². The van der Waals surface area contributed by atoms with E-state index in [0.29, 0.717) is 5.52 Å². The number of nitrogens with zero attached hydrogens (tertiary/aromatic N) is 2. The zero-order valence-corrected chi connectivity index (χ0v) is 8.31. The highest BCUT2D eigenvalue weighted by atomic mass is 32.1. The van der Waals surface area contributed by atoms with Crippen molar-refractivity contribution in [2.24, 2.45) is 7.05 Å². The number of benzene rings is 1. The highest BCUT2D eigenvalue weighted by Gasteiger charge is 2.10. The van der Waals surface area contributed by atoms with Crippen LogP contribution in [0.5, 0.6) is 0 Å². The number of rotatable bonds is 0. The summed E-state index contributed by atoms with van der Waals surface area (Å²) in [7, 11) is 1.80. The van der Waals surface area contributed by atoms with E-state index in [4.69, 9.17) is 0 Å². The van der Waals surface area contributed by atoms with Crippen LogP contribution in [0.15, 0.2) is 23.7 Å². The lowest BCUT2D eigenvalue weighted by molar-refractivity contribution is 0.634. The summed E-state index contributed by atoms with van der Waals surface area (Å²) in [4.78, 5) is 0. The van der Waals surface area contributed by atoms with Crippen LogP contribution in [0.1, 0.15) is 0 Å². The van der Waals surface area contributed by atoms with E-state index in [0.717, 1.165) is 15.5 Å². The minimum Gasteiger partial charge on any atom is -0.274 e. The normalized spacial score (nSPS) is 11.6. The van der Waals surface area contributed by atoms with Gasteiger partial charge in [-0.05, 0) is 17.5 Å². The van der Waals surface area contributed by atoms with Crippen LogP contribution in [0.3, 0.4) is 0 Å². The molecule has 0 saturated carbocycles. The van der Waals surface area contributed by atoms with Crippen LogP contribution in [0, 0.1) is 5.82 Å². The lowest BCUT2D eigenvalue weighted by atomic mass is 10.2. The Hall–Kier alpha value is -1.42. The van der Waals surface area contributed by atoms with Crippen molar-refractivity contribution in [1.82, 2.24) is 9.78 Å². The van der Waals surface area contributed by atoms with Crippen molar-refractivity contribution in [2.75, 3.05) is 0 Å². The highest BCUT2D eigenvalue weighted by Crippen LogP contribution is 2.30. The van der Waals surface area contributed by atoms with Crippen molar-refractivity contribution in [3.8, 4) is 0 Å². The van der Waals surface area contributed by atoms with E-state index in [-0.39, 0.29) is 5.82 Å². The molecule has 0 saturated heterocycles. The molecule has 70 valence electrons. The molecule has 2 aromatic heterocycles. The summed E-state index contributed by atoms with van der Waals surface area (Å²) >= 11 is 1.55. The largest absolute Gasteiger partial charge is 0.274 e. The second-order valence-corrected chi connectivity index (χ2v) is 4.20. The number of aryl methyl sites for hydroxylation is 1. The zero-order valence-electron chi connectivity index (χ0n) is 7.49. The van der Waals surface area contributed by atoms with Crippen LogP contribution >= 0.6 is 11.3 Å². The lowest BCUT2D eigenvalue weighted by Gasteiger charge is -1.92. The average Bonchev–Trinajstić information content (AvgIpc) is 2.69. The second kappa shape index (κ2) is 2.54. The number of fused-ring (bicyclic) bond motifs is 3. The lowest BCUT2D eigenvalue weighted by Crippen LogP contribution is -1.86. The van der Waals surface area contributed by atoms with Crippen LogP contribution in [0.25, 0.3) is 21.0 Å². The summed E-state index contributed by atoms with van der Waals surface area (Å²) in [6.07, 6.45) is 1.85. The molecule has 0 fully saturated rings. The summed E-state index contributed by atoms with van der Waals surface area (Å²) in [5.74, 6) is -0.240. The number of aromatic nitrogens is 2. The van der Waals surface area contributed by atoms with Crippen LogP contribution in [-0.2, 0) is 7.05 Å². The molecular formula is C10H7FN2S. The van der Waals surface area contributed by atoms with Crippen LogP contribution in [0.4, 0.5) is 4.39 Å². The fraction of sp³-hybridized carbons (Fsp3) is 0.100. The van der Waals surface area contributed by atoms with Crippen LogP contribution < -0.4 is 0 Å². The first-order valence-electron chi connectivity index (χ1n) is 4.25. The fourth-order valence-corrected chi connectivity index (χ4v) is 2.53. The van der Waals surface area contributed by atoms with Gasteiger partial charge in [0, 0.05) is 28.7 Å². The average molecular weight is 206 g/mol. The molecule has 0 aliphatic carbocycles. The molecule has 3 rings (SSSR count). The summed E-state index contributed by atoms with van der Waals surface area (Å²) in [5, 5.41) is 8.03. The number of halogens is 1. The van der Waals surface area contributed by atoms with Gasteiger partial charge in [0.2, 0.25) is 0 Å². The van der Waals surface area contributed by atoms with Gasteiger partial charge in [-0.2, -0.15) is 5.10 Å². The van der Waals surface area contributed by atoms with Gasteiger partial charge in [0.25, 0.3) is 0 Å². The molecule has 0 N–H and O–H groups in total. The molecule has 14 heavy (non-hydrogen) atoms. The molecule has 2 heterocycles. The first-order valence-corrected chi connectivity index (χ1v) is 5.13. The molecule has 1 aromatic carbocycles. The maximum atomic E-state index is 13.5. The van der Waals surface area contributed by atoms with Gasteiger partial charge in [-0.15, -0.1) is 11.3 Å². The van der Waals surface area contributed by atoms with E-state index in [2.05, 4.69) is 5.10 Å². The third-order valence-electron chi connectivity index (χ3n) is 2.30. The molecular weight excluding hydrogens is 199 g/mol. The van der Waals surface area contributed by atoms with E-state index in [1.165, 1.54) is 0 Å². The molecule has 0 spiro atoms. The minimum absolute atomic E-state index is 0.240. The van der Waals surface area contributed by atoms with Gasteiger partial charge in [0.05, 0.1) is 0 Å². The highest BCUT2D eigenvalue weighted by molar-refractivity contribution is 7.17. The van der Waals surface area contributed by atoms with Crippen LogP contribution in [0.2, 0.25) is 0 Å². The van der Waals surface area contributed by atoms with E-state index in [1.807, 2.05) is 17.6 Å². The monoisotopic (exact) mass is 206 g/mol. The Morgan fingerprint density at radius 3 is 3.14 bits per heavy atom. The SMILES string of the molecule is Cn1cc2c(n1)c(F)cc1sccc12. The quantitative estimate of drug-likeness (QED) is 0.553. The van der Waals surface area contributed by atoms with Gasteiger partial charge in [-0.3, -0.25) is 4.68 Å². The molecule has 0 unspecified atom stereocenters. The first-order chi connectivity index (χ1) is 6.75. The molecule has 0 bridgehead atoms. The second-order valence-electron chi connectivity index (χ2n) is 3.26. The van der Waals surface area contributed by atoms with Crippen molar-refractivity contribution >= 4 is 32.3 Å². The van der Waals surface area contributed by atoms with Crippen molar-refractivity contribution in [2.45, 2.75) is 0 Å². The zero-order chi connectivity index (χ0) is 9.71. The number of hydrogen-bond donors (Lipinski definition) is 0.